The number of halogens is 3. The molecule has 1 atom stereocenters. The van der Waals surface area contributed by atoms with Crippen LogP contribution in [0.1, 0.15) is 28.4 Å². The highest BCUT2D eigenvalue weighted by molar-refractivity contribution is 6.31. The van der Waals surface area contributed by atoms with Gasteiger partial charge in [-0.15, -0.1) is 0 Å². The van der Waals surface area contributed by atoms with E-state index in [1.807, 2.05) is 18.2 Å². The van der Waals surface area contributed by atoms with Gasteiger partial charge in [-0.3, -0.25) is 4.79 Å². The molecule has 1 N–H and O–H groups in total. The minimum Gasteiger partial charge on any atom is -0.333 e. The summed E-state index contributed by atoms with van der Waals surface area (Å²) in [6, 6.07) is 13.9. The van der Waals surface area contributed by atoms with Gasteiger partial charge in [0.25, 0.3) is 0 Å². The zero-order valence-electron chi connectivity index (χ0n) is 15.9. The molecule has 0 aliphatic heterocycles. The van der Waals surface area contributed by atoms with Crippen molar-refractivity contribution in [3.63, 3.8) is 0 Å². The summed E-state index contributed by atoms with van der Waals surface area (Å²) < 4.78 is 15.5. The number of carbonyl (C=O) groups excluding carboxylic acids is 1. The van der Waals surface area contributed by atoms with Gasteiger partial charge in [-0.1, -0.05) is 53.5 Å². The van der Waals surface area contributed by atoms with E-state index in [9.17, 15) is 14.4 Å². The van der Waals surface area contributed by atoms with Gasteiger partial charge in [-0.2, -0.15) is 10.4 Å². The van der Waals surface area contributed by atoms with Crippen LogP contribution in [0.4, 0.5) is 4.39 Å². The first kappa shape index (κ1) is 21.6. The Balaban J connectivity index is 1.73. The van der Waals surface area contributed by atoms with E-state index in [-0.39, 0.29) is 5.56 Å². The lowest BCUT2D eigenvalue weighted by Gasteiger charge is -2.11. The van der Waals surface area contributed by atoms with Gasteiger partial charge in [0.2, 0.25) is 5.91 Å². The molecule has 30 heavy (non-hydrogen) atoms. The average Bonchev–Trinajstić information content (AvgIpc) is 2.99. The number of nitriles is 1. The van der Waals surface area contributed by atoms with Gasteiger partial charge < -0.3 is 5.32 Å². The van der Waals surface area contributed by atoms with Crippen LogP contribution in [-0.2, 0) is 11.3 Å². The molecule has 1 amide bonds. The lowest BCUT2D eigenvalue weighted by Crippen LogP contribution is -2.26. The van der Waals surface area contributed by atoms with Crippen molar-refractivity contribution in [1.29, 1.82) is 5.26 Å². The van der Waals surface area contributed by atoms with E-state index in [1.165, 1.54) is 30.4 Å². The maximum absolute atomic E-state index is 13.9. The number of carbonyl (C=O) groups is 1. The van der Waals surface area contributed by atoms with Crippen LogP contribution in [0, 0.1) is 24.1 Å². The molecule has 2 aromatic carbocycles. The van der Waals surface area contributed by atoms with Crippen LogP contribution in [0.2, 0.25) is 10.2 Å². The Bertz CT molecular complexity index is 1130. The van der Waals surface area contributed by atoms with Crippen LogP contribution >= 0.6 is 23.2 Å². The summed E-state index contributed by atoms with van der Waals surface area (Å²) in [6.07, 6.45) is 2.77. The summed E-state index contributed by atoms with van der Waals surface area (Å²) in [5.41, 5.74) is 2.30. The number of nitrogens with one attached hydrogen (secondary N) is 1. The normalized spacial score (nSPS) is 12.0. The predicted octanol–water partition coefficient (Wildman–Crippen LogP) is 5.08. The van der Waals surface area contributed by atoms with E-state index in [1.54, 1.807) is 29.8 Å². The monoisotopic (exact) mass is 442 g/mol. The molecular weight excluding hydrogens is 426 g/mol. The summed E-state index contributed by atoms with van der Waals surface area (Å²) >= 11 is 12.3. The zero-order chi connectivity index (χ0) is 21.7. The molecule has 0 bridgehead atoms. The molecule has 3 aromatic rings. The molecule has 0 saturated heterocycles. The Kier molecular flexibility index (Phi) is 6.88. The van der Waals surface area contributed by atoms with Crippen LogP contribution in [0.15, 0.2) is 54.6 Å². The summed E-state index contributed by atoms with van der Waals surface area (Å²) in [7, 11) is 0. The third-order valence-electron chi connectivity index (χ3n) is 4.39. The van der Waals surface area contributed by atoms with Gasteiger partial charge in [-0.05, 0) is 36.8 Å². The smallest absolute Gasteiger partial charge is 0.245 e. The van der Waals surface area contributed by atoms with Crippen molar-refractivity contribution in [1.82, 2.24) is 15.1 Å². The molecule has 0 saturated carbocycles. The number of amides is 1. The second-order valence-electron chi connectivity index (χ2n) is 6.50. The summed E-state index contributed by atoms with van der Waals surface area (Å²) in [5.74, 6) is -1.11. The third kappa shape index (κ3) is 5.07. The maximum Gasteiger partial charge on any atom is 0.245 e. The predicted molar refractivity (Wildman–Crippen MR) is 114 cm³/mol. The summed E-state index contributed by atoms with van der Waals surface area (Å²) in [4.78, 5) is 12.3. The minimum absolute atomic E-state index is 0.103. The van der Waals surface area contributed by atoms with Gasteiger partial charge in [0, 0.05) is 22.2 Å². The Labute approximate surface area is 183 Å². The van der Waals surface area contributed by atoms with E-state index in [4.69, 9.17) is 23.2 Å². The van der Waals surface area contributed by atoms with Crippen molar-refractivity contribution in [3.05, 3.63) is 93.0 Å². The number of benzene rings is 2. The van der Waals surface area contributed by atoms with Gasteiger partial charge in [0.05, 0.1) is 18.3 Å². The van der Waals surface area contributed by atoms with E-state index < -0.39 is 17.8 Å². The topological polar surface area (TPSA) is 70.7 Å². The number of aromatic nitrogens is 2. The Morgan fingerprint density at radius 3 is 2.63 bits per heavy atom. The van der Waals surface area contributed by atoms with Crippen molar-refractivity contribution in [2.75, 3.05) is 0 Å². The molecule has 1 aromatic heterocycles. The standard InChI is InChI=1S/C22H17Cl2FN4O/c1-14-17(22(24)29(28-14)13-15-6-8-16(23)9-7-15)10-11-21(30)27-20(12-26)18-4-2-3-5-19(18)25/h2-11,20H,13H2,1H3,(H,27,30)/b11-10+. The Morgan fingerprint density at radius 1 is 1.27 bits per heavy atom. The van der Waals surface area contributed by atoms with Gasteiger partial charge in [-0.25, -0.2) is 9.07 Å². The fraction of sp³-hybridized carbons (Fsp3) is 0.136. The lowest BCUT2D eigenvalue weighted by atomic mass is 10.1. The van der Waals surface area contributed by atoms with E-state index >= 15 is 0 Å². The Morgan fingerprint density at radius 2 is 1.97 bits per heavy atom. The lowest BCUT2D eigenvalue weighted by molar-refractivity contribution is -0.116. The molecule has 1 heterocycles. The van der Waals surface area contributed by atoms with E-state index in [0.717, 1.165) is 5.56 Å². The zero-order valence-corrected chi connectivity index (χ0v) is 17.5. The van der Waals surface area contributed by atoms with Crippen LogP contribution in [-0.4, -0.2) is 15.7 Å². The highest BCUT2D eigenvalue weighted by Gasteiger charge is 2.17. The van der Waals surface area contributed by atoms with Crippen molar-refractivity contribution < 1.29 is 9.18 Å². The minimum atomic E-state index is -1.10. The first-order chi connectivity index (χ1) is 14.4. The number of nitrogens with zero attached hydrogens (tertiary/aromatic N) is 3. The van der Waals surface area contributed by atoms with Crippen LogP contribution < -0.4 is 5.32 Å². The number of hydrogen-bond donors (Lipinski definition) is 1. The molecule has 0 aliphatic carbocycles. The second kappa shape index (κ2) is 9.57. The molecule has 5 nitrogen and oxygen atoms in total. The quantitative estimate of drug-likeness (QED) is 0.541. The molecule has 152 valence electrons. The first-order valence-corrected chi connectivity index (χ1v) is 9.74. The second-order valence-corrected chi connectivity index (χ2v) is 7.29. The molecular formula is C22H17Cl2FN4O. The number of aryl methyl sites for hydroxylation is 1. The highest BCUT2D eigenvalue weighted by Crippen LogP contribution is 2.23. The molecule has 1 unspecified atom stereocenters. The maximum atomic E-state index is 13.9. The van der Waals surface area contributed by atoms with Crippen LogP contribution in [0.3, 0.4) is 0 Å². The van der Waals surface area contributed by atoms with Gasteiger partial charge in [0.1, 0.15) is 17.0 Å². The van der Waals surface area contributed by atoms with E-state index in [0.29, 0.717) is 28.0 Å². The van der Waals surface area contributed by atoms with Crippen LogP contribution in [0.5, 0.6) is 0 Å². The Hall–Kier alpha value is -3.14. The molecule has 3 rings (SSSR count). The summed E-state index contributed by atoms with van der Waals surface area (Å²) in [6.45, 7) is 2.22. The summed E-state index contributed by atoms with van der Waals surface area (Å²) in [5, 5.41) is 17.2. The fourth-order valence-corrected chi connectivity index (χ4v) is 3.29. The van der Waals surface area contributed by atoms with E-state index in [2.05, 4.69) is 10.4 Å². The highest BCUT2D eigenvalue weighted by atomic mass is 35.5. The first-order valence-electron chi connectivity index (χ1n) is 8.99. The SMILES string of the molecule is Cc1nn(Cc2ccc(Cl)cc2)c(Cl)c1/C=C/C(=O)NC(C#N)c1ccccc1F. The van der Waals surface area contributed by atoms with Crippen molar-refractivity contribution in [2.45, 2.75) is 19.5 Å². The molecule has 8 heteroatoms. The third-order valence-corrected chi connectivity index (χ3v) is 5.04. The van der Waals surface area contributed by atoms with Crippen molar-refractivity contribution >= 4 is 35.2 Å². The number of hydrogen-bond acceptors (Lipinski definition) is 3. The van der Waals surface area contributed by atoms with Gasteiger partial charge >= 0.3 is 0 Å². The van der Waals surface area contributed by atoms with Crippen molar-refractivity contribution in [2.24, 2.45) is 0 Å². The number of rotatable bonds is 6. The van der Waals surface area contributed by atoms with Gasteiger partial charge in [0.15, 0.2) is 0 Å². The molecule has 0 spiro atoms. The molecule has 0 radical (unpaired) electrons. The van der Waals surface area contributed by atoms with Crippen molar-refractivity contribution in [3.8, 4) is 6.07 Å². The largest absolute Gasteiger partial charge is 0.333 e. The average molecular weight is 443 g/mol. The fourth-order valence-electron chi connectivity index (χ4n) is 2.86. The molecule has 0 aliphatic rings. The van der Waals surface area contributed by atoms with Crippen LogP contribution in [0.25, 0.3) is 6.08 Å². The molecule has 0 fully saturated rings.